The molecule has 0 aliphatic carbocycles. The molecule has 2 heteroatoms. The molecular weight excluding hydrogens is 90.1 g/mol. The SMILES string of the molecule is C=CC[C@@H](O)CN. The van der Waals surface area contributed by atoms with Gasteiger partial charge in [-0.25, -0.2) is 0 Å². The Kier molecular flexibility index (Phi) is 3.65. The summed E-state index contributed by atoms with van der Waals surface area (Å²) in [5, 5.41) is 8.66. The Bertz CT molecular complexity index is 54.0. The minimum absolute atomic E-state index is 0.325. The van der Waals surface area contributed by atoms with Crippen molar-refractivity contribution in [3.05, 3.63) is 12.7 Å². The molecule has 0 fully saturated rings. The summed E-state index contributed by atoms with van der Waals surface area (Å²) in [4.78, 5) is 0. The van der Waals surface area contributed by atoms with Gasteiger partial charge >= 0.3 is 0 Å². The van der Waals surface area contributed by atoms with E-state index in [0.717, 1.165) is 0 Å². The third-order valence-electron chi connectivity index (χ3n) is 0.711. The van der Waals surface area contributed by atoms with E-state index < -0.39 is 6.10 Å². The lowest BCUT2D eigenvalue weighted by atomic mass is 10.2. The number of aliphatic hydroxyl groups excluding tert-OH is 1. The summed E-state index contributed by atoms with van der Waals surface area (Å²) >= 11 is 0. The molecule has 42 valence electrons. The molecule has 1 atom stereocenters. The third kappa shape index (κ3) is 3.49. The van der Waals surface area contributed by atoms with Crippen molar-refractivity contribution in [1.29, 1.82) is 0 Å². The van der Waals surface area contributed by atoms with E-state index >= 15 is 0 Å². The lowest BCUT2D eigenvalue weighted by Crippen LogP contribution is -2.18. The van der Waals surface area contributed by atoms with Crippen LogP contribution in [0, 0.1) is 0 Å². The molecule has 0 amide bonds. The van der Waals surface area contributed by atoms with Gasteiger partial charge in [0.15, 0.2) is 0 Å². The number of rotatable bonds is 3. The Balaban J connectivity index is 2.98. The smallest absolute Gasteiger partial charge is 0.0696 e. The largest absolute Gasteiger partial charge is 0.391 e. The summed E-state index contributed by atoms with van der Waals surface area (Å²) in [6, 6.07) is 0. The molecule has 0 aliphatic rings. The zero-order chi connectivity index (χ0) is 5.70. The molecule has 0 unspecified atom stereocenters. The van der Waals surface area contributed by atoms with E-state index in [1.54, 1.807) is 6.08 Å². The van der Waals surface area contributed by atoms with Crippen LogP contribution in [0.25, 0.3) is 0 Å². The normalized spacial score (nSPS) is 13.4. The van der Waals surface area contributed by atoms with Crippen LogP contribution in [-0.2, 0) is 0 Å². The fraction of sp³-hybridized carbons (Fsp3) is 0.600. The van der Waals surface area contributed by atoms with Crippen molar-refractivity contribution < 1.29 is 5.11 Å². The second-order valence-electron chi connectivity index (χ2n) is 1.41. The summed E-state index contributed by atoms with van der Waals surface area (Å²) < 4.78 is 0. The van der Waals surface area contributed by atoms with E-state index in [9.17, 15) is 0 Å². The van der Waals surface area contributed by atoms with E-state index in [-0.39, 0.29) is 0 Å². The fourth-order valence-corrected chi connectivity index (χ4v) is 0.289. The molecule has 0 spiro atoms. The molecular formula is C5H11NO. The highest BCUT2D eigenvalue weighted by Gasteiger charge is 1.92. The van der Waals surface area contributed by atoms with Crippen molar-refractivity contribution in [3.63, 3.8) is 0 Å². The van der Waals surface area contributed by atoms with E-state index in [0.29, 0.717) is 13.0 Å². The highest BCUT2D eigenvalue weighted by molar-refractivity contribution is 4.71. The number of hydrogen-bond donors (Lipinski definition) is 2. The molecule has 0 heterocycles. The Hall–Kier alpha value is -0.340. The maximum Gasteiger partial charge on any atom is 0.0696 e. The van der Waals surface area contributed by atoms with Crippen LogP contribution in [0.4, 0.5) is 0 Å². The zero-order valence-corrected chi connectivity index (χ0v) is 4.30. The molecule has 2 nitrogen and oxygen atoms in total. The van der Waals surface area contributed by atoms with E-state index in [1.807, 2.05) is 0 Å². The second-order valence-corrected chi connectivity index (χ2v) is 1.41. The average Bonchev–Trinajstić information content (AvgIpc) is 1.68. The number of aliphatic hydroxyl groups is 1. The van der Waals surface area contributed by atoms with Gasteiger partial charge in [0.2, 0.25) is 0 Å². The number of hydrogen-bond acceptors (Lipinski definition) is 2. The minimum atomic E-state index is -0.391. The van der Waals surface area contributed by atoms with Crippen molar-refractivity contribution in [3.8, 4) is 0 Å². The third-order valence-corrected chi connectivity index (χ3v) is 0.711. The van der Waals surface area contributed by atoms with Gasteiger partial charge in [-0.3, -0.25) is 0 Å². The number of nitrogens with two attached hydrogens (primary N) is 1. The Morgan fingerprint density at radius 3 is 2.57 bits per heavy atom. The van der Waals surface area contributed by atoms with Gasteiger partial charge in [0.05, 0.1) is 6.10 Å². The lowest BCUT2D eigenvalue weighted by molar-refractivity contribution is 0.186. The summed E-state index contributed by atoms with van der Waals surface area (Å²) in [6.07, 6.45) is 1.85. The standard InChI is InChI=1S/C5H11NO/c1-2-3-5(7)4-6/h2,5,7H,1,3-4,6H2/t5-/m1/s1. The minimum Gasteiger partial charge on any atom is -0.391 e. The average molecular weight is 101 g/mol. The molecule has 0 aliphatic heterocycles. The molecule has 0 bridgehead atoms. The molecule has 0 radical (unpaired) electrons. The second kappa shape index (κ2) is 3.84. The Morgan fingerprint density at radius 2 is 2.43 bits per heavy atom. The molecule has 0 saturated heterocycles. The molecule has 0 saturated carbocycles. The van der Waals surface area contributed by atoms with Gasteiger partial charge in [-0.1, -0.05) is 6.08 Å². The van der Waals surface area contributed by atoms with Crippen molar-refractivity contribution in [2.45, 2.75) is 12.5 Å². The van der Waals surface area contributed by atoms with Crippen LogP contribution in [0.15, 0.2) is 12.7 Å². The quantitative estimate of drug-likeness (QED) is 0.487. The first-order chi connectivity index (χ1) is 3.31. The molecule has 0 aromatic heterocycles. The molecule has 0 rings (SSSR count). The molecule has 0 aromatic carbocycles. The molecule has 7 heavy (non-hydrogen) atoms. The van der Waals surface area contributed by atoms with Crippen molar-refractivity contribution in [1.82, 2.24) is 0 Å². The topological polar surface area (TPSA) is 46.2 Å². The highest BCUT2D eigenvalue weighted by Crippen LogP contribution is 1.86. The van der Waals surface area contributed by atoms with Crippen LogP contribution in [0.1, 0.15) is 6.42 Å². The van der Waals surface area contributed by atoms with Gasteiger partial charge in [-0.2, -0.15) is 0 Å². The van der Waals surface area contributed by atoms with Crippen LogP contribution >= 0.6 is 0 Å². The van der Waals surface area contributed by atoms with Crippen molar-refractivity contribution in [2.75, 3.05) is 6.54 Å². The summed E-state index contributed by atoms with van der Waals surface area (Å²) in [6.45, 7) is 3.76. The van der Waals surface area contributed by atoms with Gasteiger partial charge in [-0.15, -0.1) is 6.58 Å². The van der Waals surface area contributed by atoms with Crippen molar-refractivity contribution >= 4 is 0 Å². The van der Waals surface area contributed by atoms with Crippen LogP contribution < -0.4 is 5.73 Å². The lowest BCUT2D eigenvalue weighted by Gasteiger charge is -1.99. The fourth-order valence-electron chi connectivity index (χ4n) is 0.289. The Morgan fingerprint density at radius 1 is 1.86 bits per heavy atom. The predicted octanol–water partition coefficient (Wildman–Crippen LogP) is -0.118. The van der Waals surface area contributed by atoms with E-state index in [2.05, 4.69) is 6.58 Å². The van der Waals surface area contributed by atoms with E-state index in [1.165, 1.54) is 0 Å². The van der Waals surface area contributed by atoms with Gasteiger partial charge in [0.25, 0.3) is 0 Å². The first kappa shape index (κ1) is 6.66. The first-order valence-corrected chi connectivity index (χ1v) is 2.30. The van der Waals surface area contributed by atoms with Crippen molar-refractivity contribution in [2.24, 2.45) is 5.73 Å². The maximum absolute atomic E-state index is 8.66. The van der Waals surface area contributed by atoms with Crippen LogP contribution in [0.3, 0.4) is 0 Å². The summed E-state index contributed by atoms with van der Waals surface area (Å²) in [5.74, 6) is 0. The highest BCUT2D eigenvalue weighted by atomic mass is 16.3. The van der Waals surface area contributed by atoms with Crippen LogP contribution in [0.5, 0.6) is 0 Å². The summed E-state index contributed by atoms with van der Waals surface area (Å²) in [5.41, 5.74) is 5.06. The summed E-state index contributed by atoms with van der Waals surface area (Å²) in [7, 11) is 0. The van der Waals surface area contributed by atoms with Gasteiger partial charge in [-0.05, 0) is 6.42 Å². The molecule has 0 aromatic rings. The maximum atomic E-state index is 8.66. The van der Waals surface area contributed by atoms with Gasteiger partial charge in [0.1, 0.15) is 0 Å². The monoisotopic (exact) mass is 101 g/mol. The predicted molar refractivity (Wildman–Crippen MR) is 29.9 cm³/mol. The van der Waals surface area contributed by atoms with E-state index in [4.69, 9.17) is 10.8 Å². The molecule has 3 N–H and O–H groups in total. The van der Waals surface area contributed by atoms with Crippen LogP contribution in [-0.4, -0.2) is 17.8 Å². The Labute approximate surface area is 43.6 Å². The van der Waals surface area contributed by atoms with Crippen LogP contribution in [0.2, 0.25) is 0 Å². The first-order valence-electron chi connectivity index (χ1n) is 2.30. The van der Waals surface area contributed by atoms with Gasteiger partial charge < -0.3 is 10.8 Å². The van der Waals surface area contributed by atoms with Gasteiger partial charge in [0, 0.05) is 6.54 Å². The zero-order valence-electron chi connectivity index (χ0n) is 4.30.